The Kier molecular flexibility index (Phi) is 4.72. The van der Waals surface area contributed by atoms with Crippen molar-refractivity contribution in [3.63, 3.8) is 0 Å². The molecule has 0 atom stereocenters. The Morgan fingerprint density at radius 1 is 0.714 bits per heavy atom. The summed E-state index contributed by atoms with van der Waals surface area (Å²) in [6.07, 6.45) is 0. The van der Waals surface area contributed by atoms with Crippen molar-refractivity contribution in [2.75, 3.05) is 14.2 Å². The molecule has 3 aromatic carbocycles. The number of aromatic nitrogens is 2. The number of benzene rings is 3. The first-order valence-electron chi connectivity index (χ1n) is 8.87. The first kappa shape index (κ1) is 17.7. The van der Waals surface area contributed by atoms with Crippen LogP contribution < -0.4 is 9.47 Å². The maximum atomic E-state index is 11.1. The molecule has 5 heteroatoms. The Bertz CT molecular complexity index is 1070. The Labute approximate surface area is 163 Å². The van der Waals surface area contributed by atoms with Gasteiger partial charge in [-0.3, -0.25) is 0 Å². The van der Waals surface area contributed by atoms with Crippen LogP contribution in [0, 0.1) is 0 Å². The van der Waals surface area contributed by atoms with E-state index >= 15 is 0 Å². The minimum Gasteiger partial charge on any atom is -0.497 e. The van der Waals surface area contributed by atoms with Crippen molar-refractivity contribution in [1.29, 1.82) is 0 Å². The van der Waals surface area contributed by atoms with E-state index < -0.39 is 0 Å². The van der Waals surface area contributed by atoms with Crippen LogP contribution in [0.4, 0.5) is 0 Å². The predicted octanol–water partition coefficient (Wildman–Crippen LogP) is 5.14. The molecule has 0 aliphatic heterocycles. The molecule has 4 rings (SSSR count). The molecule has 1 aromatic heterocycles. The summed E-state index contributed by atoms with van der Waals surface area (Å²) >= 11 is 0. The van der Waals surface area contributed by atoms with Gasteiger partial charge >= 0.3 is 0 Å². The van der Waals surface area contributed by atoms with Crippen LogP contribution in [-0.2, 0) is 0 Å². The molecule has 0 saturated carbocycles. The summed E-state index contributed by atoms with van der Waals surface area (Å²) in [7, 11) is 3.18. The summed E-state index contributed by atoms with van der Waals surface area (Å²) in [4.78, 5) is 4.78. The fourth-order valence-corrected chi connectivity index (χ4v) is 3.19. The van der Waals surface area contributed by atoms with E-state index in [1.165, 1.54) is 0 Å². The molecular weight excluding hydrogens is 352 g/mol. The number of nitrogens with zero attached hydrogens (tertiary/aromatic N) is 2. The molecule has 0 aliphatic carbocycles. The van der Waals surface area contributed by atoms with Gasteiger partial charge in [0.05, 0.1) is 14.2 Å². The minimum absolute atomic E-state index is 0.412. The van der Waals surface area contributed by atoms with E-state index in [2.05, 4.69) is 0 Å². The molecule has 1 heterocycles. The quantitative estimate of drug-likeness (QED) is 0.493. The second kappa shape index (κ2) is 7.48. The van der Waals surface area contributed by atoms with Gasteiger partial charge in [0, 0.05) is 22.8 Å². The van der Waals surface area contributed by atoms with E-state index in [1.54, 1.807) is 20.3 Å². The number of hydrogen-bond acceptors (Lipinski definition) is 4. The fraction of sp³-hybridized carbons (Fsp3) is 0.0870. The van der Waals surface area contributed by atoms with Crippen molar-refractivity contribution < 1.29 is 14.7 Å². The van der Waals surface area contributed by atoms with Gasteiger partial charge in [-0.1, -0.05) is 60.7 Å². The van der Waals surface area contributed by atoms with Gasteiger partial charge in [-0.25, -0.2) is 4.98 Å². The largest absolute Gasteiger partial charge is 0.497 e. The molecule has 0 aliphatic rings. The molecular formula is C23H20N2O3. The standard InChI is InChI=1S/C23H20N2O3/c1-27-19-13-18(14-20(15-19)28-2)23-24-21(16-9-5-3-6-10-16)22(25(23)26)17-11-7-4-8-12-17/h3-15,26H,1-2H3. The Morgan fingerprint density at radius 3 is 1.79 bits per heavy atom. The average molecular weight is 372 g/mol. The van der Waals surface area contributed by atoms with Crippen LogP contribution in [0.1, 0.15) is 0 Å². The van der Waals surface area contributed by atoms with Gasteiger partial charge in [0.15, 0.2) is 5.82 Å². The van der Waals surface area contributed by atoms with Crippen molar-refractivity contribution in [3.8, 4) is 45.4 Å². The third-order valence-electron chi connectivity index (χ3n) is 4.56. The molecule has 0 saturated heterocycles. The lowest BCUT2D eigenvalue weighted by Gasteiger charge is -2.09. The SMILES string of the molecule is COc1cc(OC)cc(-c2nc(-c3ccccc3)c(-c3ccccc3)n2O)c1. The number of methoxy groups -OCH3 is 2. The highest BCUT2D eigenvalue weighted by atomic mass is 16.5. The van der Waals surface area contributed by atoms with Crippen molar-refractivity contribution in [3.05, 3.63) is 78.9 Å². The molecule has 0 amide bonds. The van der Waals surface area contributed by atoms with E-state index in [0.717, 1.165) is 15.9 Å². The maximum absolute atomic E-state index is 11.1. The topological polar surface area (TPSA) is 56.5 Å². The summed E-state index contributed by atoms with van der Waals surface area (Å²) in [6, 6.07) is 25.0. The molecule has 4 aromatic rings. The molecule has 0 unspecified atom stereocenters. The third kappa shape index (κ3) is 3.18. The summed E-state index contributed by atoms with van der Waals surface area (Å²) < 4.78 is 11.9. The molecule has 140 valence electrons. The smallest absolute Gasteiger partial charge is 0.176 e. The number of imidazole rings is 1. The highest BCUT2D eigenvalue weighted by Gasteiger charge is 2.21. The molecule has 1 N–H and O–H groups in total. The van der Waals surface area contributed by atoms with Gasteiger partial charge < -0.3 is 14.7 Å². The highest BCUT2D eigenvalue weighted by Crippen LogP contribution is 2.37. The molecule has 0 spiro atoms. The Hall–Kier alpha value is -3.73. The molecule has 28 heavy (non-hydrogen) atoms. The molecule has 0 radical (unpaired) electrons. The van der Waals surface area contributed by atoms with E-state index in [-0.39, 0.29) is 0 Å². The second-order valence-corrected chi connectivity index (χ2v) is 6.28. The normalized spacial score (nSPS) is 10.6. The Morgan fingerprint density at radius 2 is 1.25 bits per heavy atom. The van der Waals surface area contributed by atoms with Crippen molar-refractivity contribution in [2.45, 2.75) is 0 Å². The first-order valence-corrected chi connectivity index (χ1v) is 8.87. The van der Waals surface area contributed by atoms with Crippen LogP contribution in [-0.4, -0.2) is 29.1 Å². The van der Waals surface area contributed by atoms with Gasteiger partial charge in [-0.05, 0) is 12.1 Å². The van der Waals surface area contributed by atoms with Gasteiger partial charge in [0.25, 0.3) is 0 Å². The number of rotatable bonds is 5. The van der Waals surface area contributed by atoms with E-state index in [0.29, 0.717) is 34.3 Å². The number of hydrogen-bond donors (Lipinski definition) is 1. The fourth-order valence-electron chi connectivity index (χ4n) is 3.19. The zero-order chi connectivity index (χ0) is 19.5. The molecule has 5 nitrogen and oxygen atoms in total. The van der Waals surface area contributed by atoms with Gasteiger partial charge in [-0.2, -0.15) is 4.73 Å². The molecule has 0 bridgehead atoms. The van der Waals surface area contributed by atoms with Gasteiger partial charge in [0.1, 0.15) is 22.9 Å². The minimum atomic E-state index is 0.412. The summed E-state index contributed by atoms with van der Waals surface area (Å²) in [5.74, 6) is 1.66. The summed E-state index contributed by atoms with van der Waals surface area (Å²) in [5, 5.41) is 11.1. The zero-order valence-corrected chi connectivity index (χ0v) is 15.7. The van der Waals surface area contributed by atoms with Gasteiger partial charge in [0.2, 0.25) is 0 Å². The predicted molar refractivity (Wildman–Crippen MR) is 109 cm³/mol. The highest BCUT2D eigenvalue weighted by molar-refractivity contribution is 5.82. The zero-order valence-electron chi connectivity index (χ0n) is 15.7. The lowest BCUT2D eigenvalue weighted by Crippen LogP contribution is -1.98. The molecule has 0 fully saturated rings. The van der Waals surface area contributed by atoms with E-state index in [4.69, 9.17) is 14.5 Å². The monoisotopic (exact) mass is 372 g/mol. The van der Waals surface area contributed by atoms with E-state index in [1.807, 2.05) is 72.8 Å². The lowest BCUT2D eigenvalue weighted by molar-refractivity contribution is 0.195. The van der Waals surface area contributed by atoms with Crippen LogP contribution in [0.25, 0.3) is 33.9 Å². The van der Waals surface area contributed by atoms with Crippen LogP contribution in [0.2, 0.25) is 0 Å². The second-order valence-electron chi connectivity index (χ2n) is 6.28. The van der Waals surface area contributed by atoms with Crippen molar-refractivity contribution in [2.24, 2.45) is 0 Å². The van der Waals surface area contributed by atoms with Crippen LogP contribution in [0.15, 0.2) is 78.9 Å². The van der Waals surface area contributed by atoms with Crippen LogP contribution in [0.5, 0.6) is 11.5 Å². The van der Waals surface area contributed by atoms with Crippen molar-refractivity contribution in [1.82, 2.24) is 9.71 Å². The number of ether oxygens (including phenoxy) is 2. The first-order chi connectivity index (χ1) is 13.7. The van der Waals surface area contributed by atoms with Crippen LogP contribution >= 0.6 is 0 Å². The third-order valence-corrected chi connectivity index (χ3v) is 4.56. The summed E-state index contributed by atoms with van der Waals surface area (Å²) in [6.45, 7) is 0. The average Bonchev–Trinajstić information content (AvgIpc) is 3.11. The van der Waals surface area contributed by atoms with Gasteiger partial charge in [-0.15, -0.1) is 0 Å². The van der Waals surface area contributed by atoms with E-state index in [9.17, 15) is 5.21 Å². The summed E-state index contributed by atoms with van der Waals surface area (Å²) in [5.41, 5.74) is 3.82. The lowest BCUT2D eigenvalue weighted by atomic mass is 10.1. The maximum Gasteiger partial charge on any atom is 0.176 e. The van der Waals surface area contributed by atoms with Crippen molar-refractivity contribution >= 4 is 0 Å². The Balaban J connectivity index is 1.97. The van der Waals surface area contributed by atoms with Crippen LogP contribution in [0.3, 0.4) is 0 Å².